The number of aromatic nitrogens is 1. The van der Waals surface area contributed by atoms with Gasteiger partial charge in [-0.15, -0.1) is 0 Å². The molecule has 6 N–H and O–H groups in total. The van der Waals surface area contributed by atoms with E-state index >= 15 is 0 Å². The standard InChI is InChI=1S/C25H34O6.C24H28N2O3/c1-4-5-21-30-20-11-17-16-7-6-14-10-15(27)8-9-23(14,2)22(16)18(28)12-24(17,3)25(20,31-21)19(29)13-26;1-3-14-9-16-11-18(12-17(16)10-15(14)4-2)25-13-22(28)19-5-7-21(27)24-20(19)6-8-23(29)26-24/h8-10,16-18,20-22,26,28H,4-7,11-13H2,1-3H3;5-10,18,22,25,27-28H,3-4,11-13H2,1-2H3,(H,26,29)/t16-,17-,18-,20+,21?,22+,23-,24-,25+;22-/m00/s1. The number of aryl methyl sites for hydroxylation is 2. The summed E-state index contributed by atoms with van der Waals surface area (Å²) in [4.78, 5) is 39.4. The number of pyridine rings is 1. The molecule has 3 saturated carbocycles. The first-order valence-corrected chi connectivity index (χ1v) is 22.2. The topological polar surface area (TPSA) is 178 Å². The molecular weight excluding hydrogens is 761 g/mol. The lowest BCUT2D eigenvalue weighted by atomic mass is 9.46. The van der Waals surface area contributed by atoms with Gasteiger partial charge < -0.3 is 40.2 Å². The van der Waals surface area contributed by atoms with Gasteiger partial charge >= 0.3 is 0 Å². The quantitative estimate of drug-likeness (QED) is 0.145. The molecule has 3 aromatic rings. The predicted molar refractivity (Wildman–Crippen MR) is 228 cm³/mol. The lowest BCUT2D eigenvalue weighted by Gasteiger charge is -2.59. The fraction of sp³-hybridized carbons (Fsp3) is 0.571. The number of aliphatic hydroxyl groups is 3. The number of phenols is 1. The number of Topliss-reactive ketones (excluding diaryl/α,β-unsaturated/α-hetero) is 1. The number of benzene rings is 2. The highest BCUT2D eigenvalue weighted by atomic mass is 16.7. The summed E-state index contributed by atoms with van der Waals surface area (Å²) in [5.74, 6) is 0.0333. The Hall–Kier alpha value is -3.97. The van der Waals surface area contributed by atoms with Gasteiger partial charge in [-0.3, -0.25) is 14.4 Å². The van der Waals surface area contributed by atoms with E-state index in [-0.39, 0.29) is 46.0 Å². The molecule has 10 atom stereocenters. The largest absolute Gasteiger partial charge is 0.506 e. The van der Waals surface area contributed by atoms with Crippen molar-refractivity contribution < 1.29 is 39.5 Å². The zero-order valence-electron chi connectivity index (χ0n) is 35.6. The van der Waals surface area contributed by atoms with E-state index in [0.717, 1.165) is 50.5 Å². The van der Waals surface area contributed by atoms with Crippen molar-refractivity contribution in [3.63, 3.8) is 0 Å². The van der Waals surface area contributed by atoms with Gasteiger partial charge in [0.05, 0.1) is 23.8 Å². The Morgan fingerprint density at radius 1 is 1.03 bits per heavy atom. The predicted octanol–water partition coefficient (Wildman–Crippen LogP) is 5.87. The molecule has 11 nitrogen and oxygen atoms in total. The van der Waals surface area contributed by atoms with Crippen LogP contribution < -0.4 is 10.9 Å². The van der Waals surface area contributed by atoms with E-state index in [1.165, 1.54) is 34.4 Å². The fourth-order valence-electron chi connectivity index (χ4n) is 12.6. The Labute approximate surface area is 352 Å². The molecule has 11 heteroatoms. The molecule has 0 amide bonds. The molecular formula is C49H62N2O9. The summed E-state index contributed by atoms with van der Waals surface area (Å²) in [6, 6.07) is 11.3. The van der Waals surface area contributed by atoms with E-state index in [1.807, 2.05) is 6.08 Å². The molecule has 1 unspecified atom stereocenters. The average molecular weight is 823 g/mol. The molecule has 0 spiro atoms. The van der Waals surface area contributed by atoms with Crippen LogP contribution in [-0.4, -0.2) is 80.3 Å². The van der Waals surface area contributed by atoms with Crippen molar-refractivity contribution >= 4 is 22.5 Å². The second-order valence-corrected chi connectivity index (χ2v) is 18.6. The number of aliphatic hydroxyl groups excluding tert-OH is 3. The van der Waals surface area contributed by atoms with E-state index in [2.05, 4.69) is 57.1 Å². The van der Waals surface area contributed by atoms with Crippen LogP contribution in [0.5, 0.6) is 5.75 Å². The lowest BCUT2D eigenvalue weighted by molar-refractivity contribution is -0.200. The van der Waals surface area contributed by atoms with E-state index in [4.69, 9.17) is 9.47 Å². The van der Waals surface area contributed by atoms with Crippen LogP contribution in [-0.2, 0) is 44.7 Å². The highest BCUT2D eigenvalue weighted by Crippen LogP contribution is 2.69. The number of carbonyl (C=O) groups excluding carboxylic acids is 2. The van der Waals surface area contributed by atoms with Gasteiger partial charge in [-0.1, -0.05) is 70.9 Å². The monoisotopic (exact) mass is 822 g/mol. The van der Waals surface area contributed by atoms with Crippen LogP contribution in [0.3, 0.4) is 0 Å². The molecule has 1 aliphatic heterocycles. The van der Waals surface area contributed by atoms with Gasteiger partial charge in [0.1, 0.15) is 12.4 Å². The lowest BCUT2D eigenvalue weighted by Crippen LogP contribution is -2.63. The van der Waals surface area contributed by atoms with Gasteiger partial charge in [-0.2, -0.15) is 0 Å². The molecule has 0 radical (unpaired) electrons. The third-order valence-corrected chi connectivity index (χ3v) is 15.5. The molecule has 4 fully saturated rings. The maximum Gasteiger partial charge on any atom is 0.248 e. The maximum atomic E-state index is 13.2. The highest BCUT2D eigenvalue weighted by molar-refractivity contribution is 6.01. The van der Waals surface area contributed by atoms with Crippen molar-refractivity contribution in [1.82, 2.24) is 10.3 Å². The van der Waals surface area contributed by atoms with Crippen molar-refractivity contribution in [2.75, 3.05) is 13.2 Å². The number of aromatic amines is 1. The van der Waals surface area contributed by atoms with Gasteiger partial charge in [0, 0.05) is 40.8 Å². The summed E-state index contributed by atoms with van der Waals surface area (Å²) in [5.41, 5.74) is 5.44. The number of phenolic OH excluding ortho intramolecular Hbond substituents is 1. The third kappa shape index (κ3) is 6.93. The molecule has 6 aliphatic rings. The zero-order valence-corrected chi connectivity index (χ0v) is 35.6. The van der Waals surface area contributed by atoms with Crippen molar-refractivity contribution in [2.45, 2.75) is 135 Å². The minimum absolute atomic E-state index is 0.00584. The average Bonchev–Trinajstić information content (AvgIpc) is 3.88. The zero-order chi connectivity index (χ0) is 42.7. The molecule has 1 saturated heterocycles. The normalized spacial score (nSPS) is 33.3. The number of hydrogen-bond acceptors (Lipinski definition) is 10. The summed E-state index contributed by atoms with van der Waals surface area (Å²) < 4.78 is 12.7. The molecule has 0 bridgehead atoms. The number of allylic oxidation sites excluding steroid dienone is 4. The van der Waals surface area contributed by atoms with Gasteiger partial charge in [0.2, 0.25) is 5.56 Å². The molecule has 2 heterocycles. The van der Waals surface area contributed by atoms with Crippen molar-refractivity contribution in [3.05, 3.63) is 98.4 Å². The van der Waals surface area contributed by atoms with Gasteiger partial charge in [-0.05, 0) is 122 Å². The van der Waals surface area contributed by atoms with E-state index in [0.29, 0.717) is 48.3 Å². The van der Waals surface area contributed by atoms with Crippen LogP contribution in [0.25, 0.3) is 10.9 Å². The van der Waals surface area contributed by atoms with Crippen LogP contribution in [0.15, 0.2) is 65.0 Å². The van der Waals surface area contributed by atoms with Crippen molar-refractivity contribution in [3.8, 4) is 5.75 Å². The first-order chi connectivity index (χ1) is 28.7. The summed E-state index contributed by atoms with van der Waals surface area (Å²) in [5, 5.41) is 46.4. The van der Waals surface area contributed by atoms with Crippen LogP contribution in [0, 0.1) is 28.6 Å². The molecule has 9 rings (SSSR count). The number of ether oxygens (including phenoxy) is 2. The first-order valence-electron chi connectivity index (χ1n) is 22.2. The Kier molecular flexibility index (Phi) is 11.7. The third-order valence-electron chi connectivity index (χ3n) is 15.5. The fourth-order valence-corrected chi connectivity index (χ4v) is 12.6. The molecule has 322 valence electrons. The number of ketones is 2. The van der Waals surface area contributed by atoms with Gasteiger partial charge in [0.15, 0.2) is 23.5 Å². The second-order valence-electron chi connectivity index (χ2n) is 18.6. The van der Waals surface area contributed by atoms with Crippen LogP contribution >= 0.6 is 0 Å². The number of rotatable bonds is 10. The SMILES string of the molecule is CCCC1O[C@@H]2C[C@H]3[C@@H]4CCC5=CC(=O)C=C[C@]5(C)[C@H]4[C@@H](O)C[C@]3(C)[C@]2(C(=O)CO)O1.CCc1cc2c(cc1CC)CC(NC[C@H](O)c1ccc(O)c3[nH]c(=O)ccc13)C2. The van der Waals surface area contributed by atoms with Crippen LogP contribution in [0.2, 0.25) is 0 Å². The summed E-state index contributed by atoms with van der Waals surface area (Å²) in [6.45, 7) is 10.5. The van der Waals surface area contributed by atoms with E-state index < -0.39 is 42.2 Å². The Balaban J connectivity index is 0.000000167. The highest BCUT2D eigenvalue weighted by Gasteiger charge is 2.75. The Morgan fingerprint density at radius 2 is 1.75 bits per heavy atom. The minimum Gasteiger partial charge on any atom is -0.506 e. The maximum absolute atomic E-state index is 13.2. The number of hydrogen-bond donors (Lipinski definition) is 6. The van der Waals surface area contributed by atoms with Crippen LogP contribution in [0.4, 0.5) is 0 Å². The smallest absolute Gasteiger partial charge is 0.248 e. The van der Waals surface area contributed by atoms with E-state index in [1.54, 1.807) is 24.3 Å². The second kappa shape index (κ2) is 16.4. The van der Waals surface area contributed by atoms with Crippen molar-refractivity contribution in [2.24, 2.45) is 28.6 Å². The van der Waals surface area contributed by atoms with E-state index in [9.17, 15) is 34.8 Å². The number of nitrogens with one attached hydrogen (secondary N) is 2. The molecule has 60 heavy (non-hydrogen) atoms. The summed E-state index contributed by atoms with van der Waals surface area (Å²) >= 11 is 0. The van der Waals surface area contributed by atoms with Gasteiger partial charge in [-0.25, -0.2) is 0 Å². The minimum atomic E-state index is -1.20. The molecule has 1 aromatic heterocycles. The van der Waals surface area contributed by atoms with Gasteiger partial charge in [0.25, 0.3) is 0 Å². The summed E-state index contributed by atoms with van der Waals surface area (Å²) in [6.07, 6.45) is 11.7. The van der Waals surface area contributed by atoms with Crippen LogP contribution in [0.1, 0.15) is 107 Å². The number of aromatic hydroxyl groups is 1. The summed E-state index contributed by atoms with van der Waals surface area (Å²) in [7, 11) is 0. The molecule has 5 aliphatic carbocycles. The number of H-pyrrole nitrogens is 1. The number of fused-ring (bicyclic) bond motifs is 9. The molecule has 2 aromatic carbocycles. The van der Waals surface area contributed by atoms with Crippen molar-refractivity contribution in [1.29, 1.82) is 0 Å². The number of carbonyl (C=O) groups is 2. The Bertz CT molecular complexity index is 2250. The first kappa shape index (κ1) is 42.7. The Morgan fingerprint density at radius 3 is 2.42 bits per heavy atom.